The zero-order valence-electron chi connectivity index (χ0n) is 9.86. The van der Waals surface area contributed by atoms with E-state index in [0.29, 0.717) is 12.0 Å². The first-order valence-corrected chi connectivity index (χ1v) is 5.68. The van der Waals surface area contributed by atoms with Gasteiger partial charge in [0, 0.05) is 37.2 Å². The summed E-state index contributed by atoms with van der Waals surface area (Å²) in [4.78, 5) is 16.9. The van der Waals surface area contributed by atoms with Crippen LogP contribution in [0.25, 0.3) is 0 Å². The van der Waals surface area contributed by atoms with Crippen molar-refractivity contribution in [2.75, 3.05) is 13.6 Å². The molecule has 0 fully saturated rings. The van der Waals surface area contributed by atoms with Gasteiger partial charge in [0.15, 0.2) is 0 Å². The highest BCUT2D eigenvalue weighted by atomic mass is 16.1. The van der Waals surface area contributed by atoms with E-state index in [1.165, 1.54) is 0 Å². The normalized spacial score (nSPS) is 17.2. The van der Waals surface area contributed by atoms with E-state index in [2.05, 4.69) is 16.9 Å². The Balaban J connectivity index is 2.33. The van der Waals surface area contributed by atoms with Gasteiger partial charge in [0.05, 0.1) is 12.1 Å². The van der Waals surface area contributed by atoms with Crippen LogP contribution < -0.4 is 11.3 Å². The molecule has 1 atom stereocenters. The Bertz CT molecular complexity index is 514. The molecule has 1 aliphatic rings. The number of aromatic nitrogens is 1. The van der Waals surface area contributed by atoms with Gasteiger partial charge in [0.1, 0.15) is 0 Å². The minimum Gasteiger partial charge on any atom is -0.326 e. The summed E-state index contributed by atoms with van der Waals surface area (Å²) >= 11 is 0. The fourth-order valence-electron chi connectivity index (χ4n) is 2.13. The predicted octanol–water partition coefficient (Wildman–Crippen LogP) is -0.244. The second-order valence-corrected chi connectivity index (χ2v) is 4.55. The molecule has 2 heterocycles. The smallest absolute Gasteiger partial charge is 0.251 e. The number of nitriles is 1. The zero-order chi connectivity index (χ0) is 12.4. The molecule has 0 aliphatic carbocycles. The number of nitrogens with zero attached hydrogens (tertiary/aromatic N) is 2. The van der Waals surface area contributed by atoms with Crippen LogP contribution in [-0.4, -0.2) is 29.5 Å². The van der Waals surface area contributed by atoms with Crippen molar-refractivity contribution >= 4 is 0 Å². The summed E-state index contributed by atoms with van der Waals surface area (Å²) in [6.07, 6.45) is 1.18. The van der Waals surface area contributed by atoms with Crippen LogP contribution in [0.3, 0.4) is 0 Å². The monoisotopic (exact) mass is 232 g/mol. The number of likely N-dealkylation sites (N-methyl/N-ethyl adjacent to an activating group) is 1. The quantitative estimate of drug-likeness (QED) is 0.736. The number of hydrogen-bond acceptors (Lipinski definition) is 4. The third-order valence-corrected chi connectivity index (χ3v) is 3.08. The Hall–Kier alpha value is -1.64. The molecule has 0 spiro atoms. The second-order valence-electron chi connectivity index (χ2n) is 4.55. The van der Waals surface area contributed by atoms with Crippen LogP contribution in [0.15, 0.2) is 10.9 Å². The van der Waals surface area contributed by atoms with Gasteiger partial charge in [-0.1, -0.05) is 0 Å². The molecule has 1 aromatic rings. The van der Waals surface area contributed by atoms with E-state index < -0.39 is 6.04 Å². The van der Waals surface area contributed by atoms with Crippen molar-refractivity contribution in [1.82, 2.24) is 9.88 Å². The third kappa shape index (κ3) is 2.54. The van der Waals surface area contributed by atoms with Gasteiger partial charge in [-0.3, -0.25) is 4.79 Å². The highest BCUT2D eigenvalue weighted by Gasteiger charge is 2.16. The molecule has 0 saturated carbocycles. The average molecular weight is 232 g/mol. The van der Waals surface area contributed by atoms with Crippen molar-refractivity contribution in [3.8, 4) is 6.07 Å². The van der Waals surface area contributed by atoms with Gasteiger partial charge < -0.3 is 15.6 Å². The van der Waals surface area contributed by atoms with Gasteiger partial charge >= 0.3 is 0 Å². The Labute approximate surface area is 99.9 Å². The molecule has 1 aromatic heterocycles. The standard InChI is InChI=1S/C12H16N4O/c1-16-3-2-11-9(7-16)4-8(12(17)15-11)5-10(14)6-13/h4,10H,2-3,5,7,14H2,1H3,(H,15,17). The molecular weight excluding hydrogens is 216 g/mol. The van der Waals surface area contributed by atoms with Gasteiger partial charge in [-0.05, 0) is 18.7 Å². The Morgan fingerprint density at radius 3 is 3.18 bits per heavy atom. The summed E-state index contributed by atoms with van der Waals surface area (Å²) < 4.78 is 0. The second kappa shape index (κ2) is 4.70. The molecule has 17 heavy (non-hydrogen) atoms. The zero-order valence-corrected chi connectivity index (χ0v) is 9.86. The van der Waals surface area contributed by atoms with Gasteiger partial charge in [0.25, 0.3) is 5.56 Å². The van der Waals surface area contributed by atoms with E-state index in [1.54, 1.807) is 0 Å². The summed E-state index contributed by atoms with van der Waals surface area (Å²) in [5.74, 6) is 0. The number of aromatic amines is 1. The summed E-state index contributed by atoms with van der Waals surface area (Å²) in [7, 11) is 2.05. The molecule has 0 radical (unpaired) electrons. The van der Waals surface area contributed by atoms with Crippen LogP contribution in [0.2, 0.25) is 0 Å². The fourth-order valence-corrected chi connectivity index (χ4v) is 2.13. The van der Waals surface area contributed by atoms with Crippen LogP contribution in [-0.2, 0) is 19.4 Å². The number of fused-ring (bicyclic) bond motifs is 1. The Morgan fingerprint density at radius 2 is 2.47 bits per heavy atom. The first-order chi connectivity index (χ1) is 8.10. The molecule has 0 bridgehead atoms. The molecule has 0 saturated heterocycles. The van der Waals surface area contributed by atoms with Crippen molar-refractivity contribution in [3.63, 3.8) is 0 Å². The molecule has 5 heteroatoms. The predicted molar refractivity (Wildman–Crippen MR) is 64.4 cm³/mol. The van der Waals surface area contributed by atoms with E-state index in [0.717, 1.165) is 30.8 Å². The molecule has 2 rings (SSSR count). The van der Waals surface area contributed by atoms with Gasteiger partial charge in [-0.15, -0.1) is 0 Å². The summed E-state index contributed by atoms with van der Waals surface area (Å²) in [5.41, 5.74) is 8.20. The summed E-state index contributed by atoms with van der Waals surface area (Å²) in [6.45, 7) is 1.79. The maximum Gasteiger partial charge on any atom is 0.251 e. The summed E-state index contributed by atoms with van der Waals surface area (Å²) in [6, 6.07) is 3.22. The largest absolute Gasteiger partial charge is 0.326 e. The molecule has 3 N–H and O–H groups in total. The number of pyridine rings is 1. The SMILES string of the molecule is CN1CCc2[nH]c(=O)c(CC(N)C#N)cc2C1. The maximum atomic E-state index is 11.8. The molecule has 5 nitrogen and oxygen atoms in total. The lowest BCUT2D eigenvalue weighted by Crippen LogP contribution is -2.31. The van der Waals surface area contributed by atoms with Crippen molar-refractivity contribution in [1.29, 1.82) is 5.26 Å². The number of H-pyrrole nitrogens is 1. The van der Waals surface area contributed by atoms with Crippen molar-refractivity contribution in [2.45, 2.75) is 25.4 Å². The lowest BCUT2D eigenvalue weighted by molar-refractivity contribution is 0.309. The van der Waals surface area contributed by atoms with Crippen molar-refractivity contribution < 1.29 is 0 Å². The number of nitrogens with one attached hydrogen (secondary N) is 1. The van der Waals surface area contributed by atoms with E-state index in [4.69, 9.17) is 11.0 Å². The highest BCUT2D eigenvalue weighted by molar-refractivity contribution is 5.28. The van der Waals surface area contributed by atoms with Crippen LogP contribution in [0.1, 0.15) is 16.8 Å². The van der Waals surface area contributed by atoms with Crippen molar-refractivity contribution in [2.24, 2.45) is 5.73 Å². The molecule has 90 valence electrons. The Kier molecular flexibility index (Phi) is 3.27. The lowest BCUT2D eigenvalue weighted by Gasteiger charge is -2.24. The Morgan fingerprint density at radius 1 is 1.71 bits per heavy atom. The number of rotatable bonds is 2. The maximum absolute atomic E-state index is 11.8. The summed E-state index contributed by atoms with van der Waals surface area (Å²) in [5, 5.41) is 8.67. The minimum absolute atomic E-state index is 0.112. The number of hydrogen-bond donors (Lipinski definition) is 2. The van der Waals surface area contributed by atoms with Crippen molar-refractivity contribution in [3.05, 3.63) is 33.2 Å². The minimum atomic E-state index is -0.615. The molecule has 0 aromatic carbocycles. The topological polar surface area (TPSA) is 85.9 Å². The van der Waals surface area contributed by atoms with Gasteiger partial charge in [-0.25, -0.2) is 0 Å². The molecule has 0 amide bonds. The highest BCUT2D eigenvalue weighted by Crippen LogP contribution is 2.15. The number of nitrogens with two attached hydrogens (primary N) is 1. The van der Waals surface area contributed by atoms with Gasteiger partial charge in [-0.2, -0.15) is 5.26 Å². The van der Waals surface area contributed by atoms with Crippen LogP contribution in [0, 0.1) is 11.3 Å². The van der Waals surface area contributed by atoms with Gasteiger partial charge in [0.2, 0.25) is 0 Å². The van der Waals surface area contributed by atoms with E-state index in [-0.39, 0.29) is 5.56 Å². The molecule has 1 unspecified atom stereocenters. The lowest BCUT2D eigenvalue weighted by atomic mass is 10.0. The van der Waals surface area contributed by atoms with E-state index in [9.17, 15) is 4.79 Å². The molecular formula is C12H16N4O. The third-order valence-electron chi connectivity index (χ3n) is 3.08. The average Bonchev–Trinajstić information content (AvgIpc) is 2.30. The fraction of sp³-hybridized carbons (Fsp3) is 0.500. The first-order valence-electron chi connectivity index (χ1n) is 5.68. The van der Waals surface area contributed by atoms with E-state index in [1.807, 2.05) is 12.1 Å². The van der Waals surface area contributed by atoms with Crippen LogP contribution in [0.4, 0.5) is 0 Å². The molecule has 1 aliphatic heterocycles. The van der Waals surface area contributed by atoms with E-state index >= 15 is 0 Å². The van der Waals surface area contributed by atoms with Crippen LogP contribution >= 0.6 is 0 Å². The first kappa shape index (κ1) is 11.8. The van der Waals surface area contributed by atoms with Crippen LogP contribution in [0.5, 0.6) is 0 Å².